The third-order valence-corrected chi connectivity index (χ3v) is 2.10. The van der Waals surface area contributed by atoms with E-state index in [1.807, 2.05) is 13.0 Å². The average Bonchev–Trinajstić information content (AvgIpc) is 2.02. The monoisotopic (exact) mass is 254 g/mol. The zero-order valence-electron chi connectivity index (χ0n) is 7.34. The lowest BCUT2D eigenvalue weighted by atomic mass is 10.4. The molecule has 6 heteroatoms. The average molecular weight is 256 g/mol. The van der Waals surface area contributed by atoms with Gasteiger partial charge in [0.1, 0.15) is 5.82 Å². The number of rotatable bonds is 2. The van der Waals surface area contributed by atoms with E-state index in [-0.39, 0.29) is 0 Å². The summed E-state index contributed by atoms with van der Waals surface area (Å²) < 4.78 is -1.77. The number of aryl methyl sites for hydroxylation is 1. The number of hydrogen-bond acceptors (Lipinski definition) is 3. The fourth-order valence-corrected chi connectivity index (χ4v) is 1.01. The quantitative estimate of drug-likeness (QED) is 0.630. The molecule has 0 spiro atoms. The van der Waals surface area contributed by atoms with E-state index in [1.54, 1.807) is 12.1 Å². The lowest BCUT2D eigenvalue weighted by molar-refractivity contribution is 0.207. The number of aliphatic hydroxyl groups is 1. The van der Waals surface area contributed by atoms with E-state index in [1.165, 1.54) is 0 Å². The molecule has 0 aliphatic rings. The first-order valence-electron chi connectivity index (χ1n) is 3.84. The molecule has 0 aliphatic carbocycles. The van der Waals surface area contributed by atoms with Crippen LogP contribution in [0.3, 0.4) is 0 Å². The second-order valence-corrected chi connectivity index (χ2v) is 5.12. The Balaban J connectivity index is 2.70. The van der Waals surface area contributed by atoms with Crippen LogP contribution in [0.4, 0.5) is 5.82 Å². The number of aliphatic hydroxyl groups excluding tert-OH is 1. The molecule has 1 heterocycles. The van der Waals surface area contributed by atoms with E-state index >= 15 is 0 Å². The maximum absolute atomic E-state index is 9.38. The normalized spacial score (nSPS) is 13.8. The summed E-state index contributed by atoms with van der Waals surface area (Å²) in [4.78, 5) is 4.08. The maximum Gasteiger partial charge on any atom is 0.234 e. The van der Waals surface area contributed by atoms with E-state index in [2.05, 4.69) is 10.3 Å². The van der Waals surface area contributed by atoms with Gasteiger partial charge in [-0.3, -0.25) is 0 Å². The topological polar surface area (TPSA) is 45.1 Å². The van der Waals surface area contributed by atoms with Gasteiger partial charge in [0.2, 0.25) is 3.79 Å². The summed E-state index contributed by atoms with van der Waals surface area (Å²) in [6, 6.07) is 5.29. The number of alkyl halides is 3. The highest BCUT2D eigenvalue weighted by Crippen LogP contribution is 2.30. The van der Waals surface area contributed by atoms with Gasteiger partial charge in [0, 0.05) is 5.69 Å². The van der Waals surface area contributed by atoms with E-state index in [9.17, 15) is 5.11 Å². The molecule has 78 valence electrons. The first kappa shape index (κ1) is 11.9. The summed E-state index contributed by atoms with van der Waals surface area (Å²) in [5.41, 5.74) is 0.812. The minimum absolute atomic E-state index is 0.462. The fraction of sp³-hybridized carbons (Fsp3) is 0.375. The van der Waals surface area contributed by atoms with Gasteiger partial charge in [0.15, 0.2) is 6.23 Å². The predicted octanol–water partition coefficient (Wildman–Crippen LogP) is 2.49. The third-order valence-electron chi connectivity index (χ3n) is 1.48. The van der Waals surface area contributed by atoms with Crippen molar-refractivity contribution < 1.29 is 5.11 Å². The number of hydrogen-bond donors (Lipinski definition) is 2. The van der Waals surface area contributed by atoms with Crippen molar-refractivity contribution in [2.45, 2.75) is 16.9 Å². The van der Waals surface area contributed by atoms with Crippen molar-refractivity contribution in [3.8, 4) is 0 Å². The molecule has 0 fully saturated rings. The minimum Gasteiger partial charge on any atom is -0.369 e. The van der Waals surface area contributed by atoms with Crippen LogP contribution in [-0.4, -0.2) is 20.1 Å². The van der Waals surface area contributed by atoms with Gasteiger partial charge in [0.25, 0.3) is 0 Å². The molecule has 0 bridgehead atoms. The first-order chi connectivity index (χ1) is 6.39. The van der Waals surface area contributed by atoms with Crippen molar-refractivity contribution in [1.82, 2.24) is 4.98 Å². The van der Waals surface area contributed by atoms with Crippen LogP contribution >= 0.6 is 34.8 Å². The lowest BCUT2D eigenvalue weighted by Gasteiger charge is -2.20. The highest BCUT2D eigenvalue weighted by molar-refractivity contribution is 6.68. The number of pyridine rings is 1. The van der Waals surface area contributed by atoms with Crippen LogP contribution < -0.4 is 5.32 Å². The summed E-state index contributed by atoms with van der Waals surface area (Å²) in [6.45, 7) is 1.83. The molecule has 1 aromatic heterocycles. The van der Waals surface area contributed by atoms with Crippen LogP contribution in [0.5, 0.6) is 0 Å². The van der Waals surface area contributed by atoms with E-state index in [0.29, 0.717) is 5.82 Å². The molecule has 0 saturated carbocycles. The van der Waals surface area contributed by atoms with Crippen LogP contribution in [0, 0.1) is 6.92 Å². The SMILES string of the molecule is Cc1cccc(NC(O)C(Cl)(Cl)Cl)n1. The largest absolute Gasteiger partial charge is 0.369 e. The zero-order valence-corrected chi connectivity index (χ0v) is 9.61. The fourth-order valence-electron chi connectivity index (χ4n) is 0.845. The number of aromatic nitrogens is 1. The van der Waals surface area contributed by atoms with Gasteiger partial charge in [0.05, 0.1) is 0 Å². The van der Waals surface area contributed by atoms with Gasteiger partial charge < -0.3 is 10.4 Å². The maximum atomic E-state index is 9.38. The number of halogens is 3. The smallest absolute Gasteiger partial charge is 0.234 e. The summed E-state index contributed by atoms with van der Waals surface area (Å²) in [5.74, 6) is 0.462. The summed E-state index contributed by atoms with van der Waals surface area (Å²) >= 11 is 16.4. The molecule has 3 nitrogen and oxygen atoms in total. The van der Waals surface area contributed by atoms with Gasteiger partial charge >= 0.3 is 0 Å². The van der Waals surface area contributed by atoms with Gasteiger partial charge in [-0.2, -0.15) is 0 Å². The molecular formula is C8H9Cl3N2O. The Kier molecular flexibility index (Phi) is 3.84. The highest BCUT2D eigenvalue weighted by Gasteiger charge is 2.30. The van der Waals surface area contributed by atoms with Gasteiger partial charge in [-0.25, -0.2) is 4.98 Å². The summed E-state index contributed by atoms with van der Waals surface area (Å²) in [5, 5.41) is 12.0. The Morgan fingerprint density at radius 1 is 1.43 bits per heavy atom. The van der Waals surface area contributed by atoms with Crippen LogP contribution in [0.25, 0.3) is 0 Å². The Labute approximate surface area is 97.0 Å². The molecule has 1 atom stereocenters. The van der Waals surface area contributed by atoms with Crippen LogP contribution in [0.15, 0.2) is 18.2 Å². The van der Waals surface area contributed by atoms with Crippen LogP contribution in [-0.2, 0) is 0 Å². The Bertz CT molecular complexity index is 314. The standard InChI is InChI=1S/C8H9Cl3N2O/c1-5-3-2-4-6(12-5)13-7(14)8(9,10)11/h2-4,7,14H,1H3,(H,12,13). The Hall–Kier alpha value is -0.220. The minimum atomic E-state index is -1.77. The summed E-state index contributed by atoms with van der Waals surface area (Å²) in [6.07, 6.45) is -1.29. The van der Waals surface area contributed by atoms with Crippen molar-refractivity contribution >= 4 is 40.6 Å². The third kappa shape index (κ3) is 3.50. The second kappa shape index (κ2) is 4.53. The molecule has 0 amide bonds. The molecular weight excluding hydrogens is 246 g/mol. The Morgan fingerprint density at radius 3 is 2.57 bits per heavy atom. The van der Waals surface area contributed by atoms with E-state index in [4.69, 9.17) is 34.8 Å². The predicted molar refractivity (Wildman–Crippen MR) is 58.9 cm³/mol. The van der Waals surface area contributed by atoms with E-state index < -0.39 is 10.0 Å². The molecule has 1 unspecified atom stereocenters. The molecule has 2 N–H and O–H groups in total. The zero-order chi connectivity index (χ0) is 10.8. The van der Waals surface area contributed by atoms with E-state index in [0.717, 1.165) is 5.69 Å². The number of anilines is 1. The Morgan fingerprint density at radius 2 is 2.07 bits per heavy atom. The molecule has 1 aromatic rings. The van der Waals surface area contributed by atoms with Crippen LogP contribution in [0.2, 0.25) is 0 Å². The number of nitrogens with zero attached hydrogens (tertiary/aromatic N) is 1. The van der Waals surface area contributed by atoms with Crippen molar-refractivity contribution in [1.29, 1.82) is 0 Å². The molecule has 0 radical (unpaired) electrons. The molecule has 0 saturated heterocycles. The van der Waals surface area contributed by atoms with Gasteiger partial charge in [-0.1, -0.05) is 40.9 Å². The van der Waals surface area contributed by atoms with Gasteiger partial charge in [-0.15, -0.1) is 0 Å². The summed E-state index contributed by atoms with van der Waals surface area (Å²) in [7, 11) is 0. The van der Waals surface area contributed by atoms with Crippen molar-refractivity contribution in [2.75, 3.05) is 5.32 Å². The second-order valence-electron chi connectivity index (χ2n) is 2.75. The van der Waals surface area contributed by atoms with Crippen molar-refractivity contribution in [3.05, 3.63) is 23.9 Å². The van der Waals surface area contributed by atoms with Crippen molar-refractivity contribution in [3.63, 3.8) is 0 Å². The highest BCUT2D eigenvalue weighted by atomic mass is 35.6. The molecule has 1 rings (SSSR count). The molecule has 0 aromatic carbocycles. The molecule has 14 heavy (non-hydrogen) atoms. The lowest BCUT2D eigenvalue weighted by Crippen LogP contribution is -2.33. The molecule has 0 aliphatic heterocycles. The van der Waals surface area contributed by atoms with Crippen molar-refractivity contribution in [2.24, 2.45) is 0 Å². The van der Waals surface area contributed by atoms with Crippen LogP contribution in [0.1, 0.15) is 5.69 Å². The first-order valence-corrected chi connectivity index (χ1v) is 4.98. The number of nitrogens with one attached hydrogen (secondary N) is 1. The van der Waals surface area contributed by atoms with Gasteiger partial charge in [-0.05, 0) is 19.1 Å².